The monoisotopic (exact) mass is 450 g/mol. The van der Waals surface area contributed by atoms with Crippen molar-refractivity contribution in [3.05, 3.63) is 77.1 Å². The van der Waals surface area contributed by atoms with E-state index in [0.29, 0.717) is 22.0 Å². The topological polar surface area (TPSA) is 77.6 Å². The number of aryl methyl sites for hydroxylation is 1. The second kappa shape index (κ2) is 8.55. The van der Waals surface area contributed by atoms with Crippen LogP contribution in [-0.4, -0.2) is 30.5 Å². The highest BCUT2D eigenvalue weighted by atomic mass is 35.5. The molecule has 0 unspecified atom stereocenters. The Kier molecular flexibility index (Phi) is 5.45. The number of carbonyl (C=O) groups excluding carboxylic acids is 1. The van der Waals surface area contributed by atoms with Crippen molar-refractivity contribution >= 4 is 23.2 Å². The van der Waals surface area contributed by atoms with Gasteiger partial charge in [0.25, 0.3) is 5.91 Å². The molecule has 0 aliphatic carbocycles. The molecule has 2 aromatic heterocycles. The first-order valence-corrected chi connectivity index (χ1v) is 10.8. The van der Waals surface area contributed by atoms with Crippen molar-refractivity contribution in [2.24, 2.45) is 0 Å². The van der Waals surface area contributed by atoms with Crippen LogP contribution in [0.3, 0.4) is 0 Å². The van der Waals surface area contributed by atoms with E-state index < -0.39 is 11.7 Å². The maximum Gasteiger partial charge on any atom is 0.258 e. The van der Waals surface area contributed by atoms with Gasteiger partial charge in [-0.25, -0.2) is 9.07 Å². The Bertz CT molecular complexity index is 1300. The van der Waals surface area contributed by atoms with E-state index >= 15 is 0 Å². The van der Waals surface area contributed by atoms with E-state index in [2.05, 4.69) is 25.2 Å². The van der Waals surface area contributed by atoms with Gasteiger partial charge < -0.3 is 9.88 Å². The molecule has 0 spiro atoms. The Balaban J connectivity index is 1.39. The Hall–Kier alpha value is -3.52. The highest BCUT2D eigenvalue weighted by Gasteiger charge is 2.18. The molecule has 0 fully saturated rings. The Morgan fingerprint density at radius 3 is 2.88 bits per heavy atom. The predicted octanol–water partition coefficient (Wildman–Crippen LogP) is 4.90. The molecule has 1 N–H and O–H groups in total. The van der Waals surface area contributed by atoms with Gasteiger partial charge in [-0.1, -0.05) is 24.1 Å². The summed E-state index contributed by atoms with van der Waals surface area (Å²) in [6.45, 7) is 0.833. The van der Waals surface area contributed by atoms with Gasteiger partial charge in [-0.3, -0.25) is 4.79 Å². The van der Waals surface area contributed by atoms with Crippen LogP contribution in [0, 0.1) is 5.82 Å². The quantitative estimate of drug-likeness (QED) is 0.479. The summed E-state index contributed by atoms with van der Waals surface area (Å²) < 4.78 is 18.1. The van der Waals surface area contributed by atoms with Crippen LogP contribution in [0.2, 0.25) is 5.02 Å². The number of halogens is 2. The molecule has 0 atom stereocenters. The molecular weight excluding hydrogens is 431 g/mol. The fourth-order valence-corrected chi connectivity index (χ4v) is 4.04. The smallest absolute Gasteiger partial charge is 0.258 e. The van der Waals surface area contributed by atoms with E-state index in [1.807, 2.05) is 6.07 Å². The highest BCUT2D eigenvalue weighted by molar-refractivity contribution is 6.30. The lowest BCUT2D eigenvalue weighted by Crippen LogP contribution is -2.12. The average Bonchev–Trinajstić information content (AvgIpc) is 3.37. The number of hydrogen-bond acceptors (Lipinski definition) is 4. The molecule has 0 radical (unpaired) electrons. The lowest BCUT2D eigenvalue weighted by atomic mass is 10.1. The fraction of sp³-hybridized carbons (Fsp3) is 0.217. The molecule has 4 aromatic rings. The van der Waals surface area contributed by atoms with Crippen LogP contribution in [0.15, 0.2) is 54.9 Å². The van der Waals surface area contributed by atoms with Crippen molar-refractivity contribution < 1.29 is 9.18 Å². The molecule has 5 rings (SSSR count). The summed E-state index contributed by atoms with van der Waals surface area (Å²) in [6.07, 6.45) is 7.17. The van der Waals surface area contributed by atoms with E-state index in [1.165, 1.54) is 12.3 Å². The van der Waals surface area contributed by atoms with Crippen LogP contribution in [0.4, 0.5) is 10.1 Å². The van der Waals surface area contributed by atoms with Crippen molar-refractivity contribution in [3.8, 4) is 17.1 Å². The number of rotatable bonds is 4. The van der Waals surface area contributed by atoms with Crippen LogP contribution < -0.4 is 5.32 Å². The van der Waals surface area contributed by atoms with Crippen LogP contribution in [0.5, 0.6) is 0 Å². The Morgan fingerprint density at radius 1 is 1.09 bits per heavy atom. The molecule has 3 heterocycles. The molecule has 0 saturated carbocycles. The zero-order valence-electron chi connectivity index (χ0n) is 17.1. The largest absolute Gasteiger partial charge is 0.319 e. The number of anilines is 1. The molecule has 1 aliphatic rings. The summed E-state index contributed by atoms with van der Waals surface area (Å²) in [4.78, 5) is 12.8. The molecule has 9 heteroatoms. The number of aromatic nitrogens is 5. The van der Waals surface area contributed by atoms with Crippen LogP contribution >= 0.6 is 11.6 Å². The van der Waals surface area contributed by atoms with E-state index in [0.717, 1.165) is 43.7 Å². The Morgan fingerprint density at radius 2 is 2.00 bits per heavy atom. The lowest BCUT2D eigenvalue weighted by molar-refractivity contribution is 0.102. The fourth-order valence-electron chi connectivity index (χ4n) is 3.85. The van der Waals surface area contributed by atoms with E-state index in [4.69, 9.17) is 11.6 Å². The molecule has 7 nitrogen and oxygen atoms in total. The van der Waals surface area contributed by atoms with Crippen molar-refractivity contribution in [3.63, 3.8) is 0 Å². The maximum absolute atomic E-state index is 14.5. The standard InChI is InChI=1S/C23H20ClFN6O/c24-17-5-4-6-18(12-17)31-14-16(13-26-31)23(32)27-20-11-15(8-9-19(20)25)22-29-28-21-7-2-1-3-10-30(21)22/h4-6,8-9,11-14H,1-3,7,10H2,(H,27,32). The van der Waals surface area contributed by atoms with Gasteiger partial charge in [-0.05, 0) is 49.2 Å². The zero-order valence-corrected chi connectivity index (χ0v) is 17.9. The van der Waals surface area contributed by atoms with Crippen LogP contribution in [0.25, 0.3) is 17.1 Å². The average molecular weight is 451 g/mol. The predicted molar refractivity (Wildman–Crippen MR) is 119 cm³/mol. The molecular formula is C23H20ClFN6O. The highest BCUT2D eigenvalue weighted by Crippen LogP contribution is 2.27. The number of nitrogens with one attached hydrogen (secondary N) is 1. The molecule has 1 amide bonds. The van der Waals surface area contributed by atoms with Crippen molar-refractivity contribution in [2.75, 3.05) is 5.32 Å². The second-order valence-electron chi connectivity index (χ2n) is 7.70. The number of amides is 1. The normalized spacial score (nSPS) is 13.4. The van der Waals surface area contributed by atoms with Gasteiger partial charge in [0.1, 0.15) is 11.6 Å². The zero-order chi connectivity index (χ0) is 22.1. The van der Waals surface area contributed by atoms with Gasteiger partial charge in [0.15, 0.2) is 5.82 Å². The number of benzene rings is 2. The van der Waals surface area contributed by atoms with Gasteiger partial charge in [0.05, 0.1) is 23.1 Å². The third kappa shape index (κ3) is 4.01. The van der Waals surface area contributed by atoms with Gasteiger partial charge in [0, 0.05) is 29.7 Å². The van der Waals surface area contributed by atoms with Gasteiger partial charge in [0.2, 0.25) is 0 Å². The minimum absolute atomic E-state index is 0.0778. The van der Waals surface area contributed by atoms with E-state index in [9.17, 15) is 9.18 Å². The lowest BCUT2D eigenvalue weighted by Gasteiger charge is -2.10. The SMILES string of the molecule is O=C(Nc1cc(-c2nnc3n2CCCCC3)ccc1F)c1cnn(-c2cccc(Cl)c2)c1. The first-order valence-electron chi connectivity index (χ1n) is 10.4. The number of fused-ring (bicyclic) bond motifs is 1. The number of nitrogens with zero attached hydrogens (tertiary/aromatic N) is 5. The maximum atomic E-state index is 14.5. The second-order valence-corrected chi connectivity index (χ2v) is 8.14. The summed E-state index contributed by atoms with van der Waals surface area (Å²) in [5, 5.41) is 16.0. The number of carbonyl (C=O) groups is 1. The number of hydrogen-bond donors (Lipinski definition) is 1. The van der Waals surface area contributed by atoms with E-state index in [1.54, 1.807) is 41.2 Å². The van der Waals surface area contributed by atoms with Crippen molar-refractivity contribution in [1.29, 1.82) is 0 Å². The van der Waals surface area contributed by atoms with Crippen molar-refractivity contribution in [1.82, 2.24) is 24.5 Å². The first-order chi connectivity index (χ1) is 15.6. The first kappa shape index (κ1) is 20.4. The molecule has 32 heavy (non-hydrogen) atoms. The summed E-state index contributed by atoms with van der Waals surface area (Å²) >= 11 is 6.03. The third-order valence-electron chi connectivity index (χ3n) is 5.50. The van der Waals surface area contributed by atoms with Crippen LogP contribution in [0.1, 0.15) is 35.4 Å². The minimum Gasteiger partial charge on any atom is -0.319 e. The van der Waals surface area contributed by atoms with Crippen molar-refractivity contribution in [2.45, 2.75) is 32.2 Å². The molecule has 0 saturated heterocycles. The summed E-state index contributed by atoms with van der Waals surface area (Å²) in [6, 6.07) is 11.7. The third-order valence-corrected chi connectivity index (χ3v) is 5.73. The summed E-state index contributed by atoms with van der Waals surface area (Å²) in [5.74, 6) is 0.640. The molecule has 2 aromatic carbocycles. The summed E-state index contributed by atoms with van der Waals surface area (Å²) in [7, 11) is 0. The Labute approximate surface area is 188 Å². The molecule has 162 valence electrons. The van der Waals surface area contributed by atoms with E-state index in [-0.39, 0.29) is 5.69 Å². The summed E-state index contributed by atoms with van der Waals surface area (Å²) in [5.41, 5.74) is 1.80. The van der Waals surface area contributed by atoms with Gasteiger partial charge in [-0.15, -0.1) is 10.2 Å². The van der Waals surface area contributed by atoms with Crippen LogP contribution in [-0.2, 0) is 13.0 Å². The molecule has 0 bridgehead atoms. The molecule has 1 aliphatic heterocycles. The minimum atomic E-state index is -0.528. The van der Waals surface area contributed by atoms with Gasteiger partial charge >= 0.3 is 0 Å². The van der Waals surface area contributed by atoms with Gasteiger partial charge in [-0.2, -0.15) is 5.10 Å².